The third-order valence-electron chi connectivity index (χ3n) is 2.48. The summed E-state index contributed by atoms with van der Waals surface area (Å²) >= 11 is 3.43. The van der Waals surface area contributed by atoms with Crippen LogP contribution in [0, 0.1) is 0 Å². The Kier molecular flexibility index (Phi) is 3.26. The number of nitrogens with one attached hydrogen (secondary N) is 1. The highest BCUT2D eigenvalue weighted by Crippen LogP contribution is 2.21. The minimum atomic E-state index is -0.156. The first-order valence-corrected chi connectivity index (χ1v) is 5.74. The summed E-state index contributed by atoms with van der Waals surface area (Å²) in [5.41, 5.74) is 3.24. The van der Waals surface area contributed by atoms with Crippen LogP contribution in [0.15, 0.2) is 34.9 Å². The van der Waals surface area contributed by atoms with Crippen molar-refractivity contribution in [2.24, 2.45) is 5.84 Å². The molecule has 84 valence electrons. The fraction of sp³-hybridized carbons (Fsp3) is 0.182. The van der Waals surface area contributed by atoms with Crippen LogP contribution in [0.2, 0.25) is 0 Å². The number of aryl methyl sites for hydroxylation is 1. The van der Waals surface area contributed by atoms with E-state index in [4.69, 9.17) is 5.84 Å². The maximum atomic E-state index is 11.1. The molecule has 0 saturated heterocycles. The van der Waals surface area contributed by atoms with E-state index in [1.807, 2.05) is 35.0 Å². The van der Waals surface area contributed by atoms with Crippen LogP contribution in [0.5, 0.6) is 0 Å². The molecule has 0 fully saturated rings. The molecular weight excluding hydrogens is 270 g/mol. The Bertz CT molecular complexity index is 521. The van der Waals surface area contributed by atoms with Crippen LogP contribution < -0.4 is 11.3 Å². The quantitative estimate of drug-likeness (QED) is 0.512. The van der Waals surface area contributed by atoms with Crippen LogP contribution in [0.4, 0.5) is 0 Å². The van der Waals surface area contributed by atoms with E-state index in [2.05, 4.69) is 21.4 Å². The Balaban J connectivity index is 2.24. The number of halogens is 1. The average molecular weight is 282 g/mol. The van der Waals surface area contributed by atoms with Gasteiger partial charge in [-0.2, -0.15) is 0 Å². The van der Waals surface area contributed by atoms with Crippen LogP contribution in [0.25, 0.3) is 10.9 Å². The highest BCUT2D eigenvalue weighted by Gasteiger charge is 2.03. The van der Waals surface area contributed by atoms with E-state index >= 15 is 0 Å². The summed E-state index contributed by atoms with van der Waals surface area (Å²) in [5.74, 6) is 4.88. The van der Waals surface area contributed by atoms with Gasteiger partial charge in [-0.1, -0.05) is 22.0 Å². The first-order valence-electron chi connectivity index (χ1n) is 4.94. The molecule has 2 aromatic rings. The molecule has 0 atom stereocenters. The summed E-state index contributed by atoms with van der Waals surface area (Å²) in [6, 6.07) is 8.11. The lowest BCUT2D eigenvalue weighted by atomic mass is 10.2. The van der Waals surface area contributed by atoms with E-state index in [1.54, 1.807) is 0 Å². The number of amides is 1. The van der Waals surface area contributed by atoms with Gasteiger partial charge >= 0.3 is 0 Å². The SMILES string of the molecule is NNC(=O)CCn1ccc2ccc(Br)cc21. The molecule has 1 amide bonds. The molecule has 0 aliphatic heterocycles. The summed E-state index contributed by atoms with van der Waals surface area (Å²) in [6.45, 7) is 0.628. The van der Waals surface area contributed by atoms with Crippen molar-refractivity contribution in [2.45, 2.75) is 13.0 Å². The van der Waals surface area contributed by atoms with E-state index in [0.29, 0.717) is 13.0 Å². The normalized spacial score (nSPS) is 10.6. The van der Waals surface area contributed by atoms with Gasteiger partial charge in [-0.15, -0.1) is 0 Å². The number of fused-ring (bicyclic) bond motifs is 1. The largest absolute Gasteiger partial charge is 0.347 e. The molecule has 16 heavy (non-hydrogen) atoms. The number of benzene rings is 1. The predicted octanol–water partition coefficient (Wildman–Crippen LogP) is 1.78. The number of hydrazine groups is 1. The maximum Gasteiger partial charge on any atom is 0.235 e. The van der Waals surface area contributed by atoms with E-state index in [1.165, 1.54) is 0 Å². The summed E-state index contributed by atoms with van der Waals surface area (Å²) < 4.78 is 3.07. The fourth-order valence-corrected chi connectivity index (χ4v) is 2.00. The number of carbonyl (C=O) groups excluding carboxylic acids is 1. The van der Waals surface area contributed by atoms with E-state index in [0.717, 1.165) is 15.4 Å². The molecule has 2 rings (SSSR count). The van der Waals surface area contributed by atoms with Gasteiger partial charge in [0.2, 0.25) is 5.91 Å². The van der Waals surface area contributed by atoms with Crippen molar-refractivity contribution in [1.29, 1.82) is 0 Å². The number of rotatable bonds is 3. The summed E-state index contributed by atoms with van der Waals surface area (Å²) in [6.07, 6.45) is 2.35. The van der Waals surface area contributed by atoms with Crippen molar-refractivity contribution >= 4 is 32.7 Å². The van der Waals surface area contributed by atoms with Crippen LogP contribution in [0.3, 0.4) is 0 Å². The first kappa shape index (κ1) is 11.2. The van der Waals surface area contributed by atoms with E-state index < -0.39 is 0 Å². The fourth-order valence-electron chi connectivity index (χ4n) is 1.65. The second-order valence-corrected chi connectivity index (χ2v) is 4.45. The summed E-state index contributed by atoms with van der Waals surface area (Å²) in [5, 5.41) is 1.16. The van der Waals surface area contributed by atoms with Crippen molar-refractivity contribution in [2.75, 3.05) is 0 Å². The molecule has 1 aromatic carbocycles. The van der Waals surface area contributed by atoms with Gasteiger partial charge in [-0.25, -0.2) is 5.84 Å². The Hall–Kier alpha value is -1.33. The highest BCUT2D eigenvalue weighted by atomic mass is 79.9. The van der Waals surface area contributed by atoms with Crippen LogP contribution in [-0.4, -0.2) is 10.5 Å². The lowest BCUT2D eigenvalue weighted by molar-refractivity contribution is -0.121. The number of hydrogen-bond acceptors (Lipinski definition) is 2. The number of nitrogens with two attached hydrogens (primary N) is 1. The minimum absolute atomic E-state index is 0.156. The summed E-state index contributed by atoms with van der Waals surface area (Å²) in [7, 11) is 0. The van der Waals surface area contributed by atoms with Gasteiger partial charge in [0.15, 0.2) is 0 Å². The molecule has 4 nitrogen and oxygen atoms in total. The number of nitrogens with zero attached hydrogens (tertiary/aromatic N) is 1. The number of carbonyl (C=O) groups is 1. The smallest absolute Gasteiger partial charge is 0.235 e. The Morgan fingerprint density at radius 3 is 3.00 bits per heavy atom. The van der Waals surface area contributed by atoms with Gasteiger partial charge in [-0.3, -0.25) is 10.2 Å². The van der Waals surface area contributed by atoms with Crippen LogP contribution in [0.1, 0.15) is 6.42 Å². The van der Waals surface area contributed by atoms with Crippen molar-refractivity contribution in [1.82, 2.24) is 9.99 Å². The molecule has 1 heterocycles. The maximum absolute atomic E-state index is 11.1. The molecule has 3 N–H and O–H groups in total. The van der Waals surface area contributed by atoms with Crippen LogP contribution in [-0.2, 0) is 11.3 Å². The molecule has 0 aliphatic carbocycles. The molecule has 0 aliphatic rings. The van der Waals surface area contributed by atoms with Crippen molar-refractivity contribution < 1.29 is 4.79 Å². The highest BCUT2D eigenvalue weighted by molar-refractivity contribution is 9.10. The molecule has 1 aromatic heterocycles. The topological polar surface area (TPSA) is 60.0 Å². The van der Waals surface area contributed by atoms with E-state index in [9.17, 15) is 4.79 Å². The van der Waals surface area contributed by atoms with E-state index in [-0.39, 0.29) is 5.91 Å². The standard InChI is InChI=1S/C11H12BrN3O/c12-9-2-1-8-3-5-15(10(8)7-9)6-4-11(16)14-13/h1-3,5,7H,4,6,13H2,(H,14,16). The van der Waals surface area contributed by atoms with Crippen molar-refractivity contribution in [3.05, 3.63) is 34.9 Å². The minimum Gasteiger partial charge on any atom is -0.347 e. The zero-order chi connectivity index (χ0) is 11.5. The molecular formula is C11H12BrN3O. The molecule has 0 bridgehead atoms. The first-order chi connectivity index (χ1) is 7.70. The average Bonchev–Trinajstić information content (AvgIpc) is 2.68. The van der Waals surface area contributed by atoms with Crippen molar-refractivity contribution in [3.8, 4) is 0 Å². The Morgan fingerprint density at radius 2 is 2.25 bits per heavy atom. The molecule has 0 unspecified atom stereocenters. The third kappa shape index (κ3) is 2.25. The van der Waals surface area contributed by atoms with Crippen LogP contribution >= 0.6 is 15.9 Å². The van der Waals surface area contributed by atoms with Crippen molar-refractivity contribution in [3.63, 3.8) is 0 Å². The van der Waals surface area contributed by atoms with Gasteiger partial charge in [0, 0.05) is 29.2 Å². The third-order valence-corrected chi connectivity index (χ3v) is 2.97. The lowest BCUT2D eigenvalue weighted by Gasteiger charge is -2.04. The molecule has 0 saturated carbocycles. The predicted molar refractivity (Wildman–Crippen MR) is 66.6 cm³/mol. The Morgan fingerprint density at radius 1 is 1.44 bits per heavy atom. The second kappa shape index (κ2) is 4.67. The zero-order valence-corrected chi connectivity index (χ0v) is 10.2. The zero-order valence-electron chi connectivity index (χ0n) is 8.61. The Labute approximate surface area is 102 Å². The monoisotopic (exact) mass is 281 g/mol. The van der Waals surface area contributed by atoms with Gasteiger partial charge in [0.1, 0.15) is 0 Å². The van der Waals surface area contributed by atoms with Gasteiger partial charge in [0.05, 0.1) is 0 Å². The number of aromatic nitrogens is 1. The molecule has 0 spiro atoms. The van der Waals surface area contributed by atoms with Gasteiger partial charge in [0.25, 0.3) is 0 Å². The number of hydrogen-bond donors (Lipinski definition) is 2. The summed E-state index contributed by atoms with van der Waals surface area (Å²) in [4.78, 5) is 11.1. The second-order valence-electron chi connectivity index (χ2n) is 3.53. The molecule has 0 radical (unpaired) electrons. The van der Waals surface area contributed by atoms with Gasteiger partial charge in [-0.05, 0) is 23.6 Å². The molecule has 5 heteroatoms. The lowest BCUT2D eigenvalue weighted by Crippen LogP contribution is -2.30. The van der Waals surface area contributed by atoms with Gasteiger partial charge < -0.3 is 4.57 Å².